The van der Waals surface area contributed by atoms with Gasteiger partial charge in [-0.1, -0.05) is 26.8 Å². The fraction of sp³-hybridized carbons (Fsp3) is 0.696. The molecule has 168 valence electrons. The fourth-order valence-corrected chi connectivity index (χ4v) is 5.98. The Labute approximate surface area is 181 Å². The summed E-state index contributed by atoms with van der Waals surface area (Å²) >= 11 is 0. The molecule has 3 rings (SSSR count). The summed E-state index contributed by atoms with van der Waals surface area (Å²) in [4.78, 5) is 15.4. The summed E-state index contributed by atoms with van der Waals surface area (Å²) in [5, 5.41) is 0. The minimum atomic E-state index is -3.55. The van der Waals surface area contributed by atoms with E-state index >= 15 is 0 Å². The standard InChI is InChI=1S/C23H36N2O4S/c1-5-18-14-21(11-6-17(18)4)30(27,28)24-20-9-7-19(8-10-20)23(26)25-12-13-29-15-22(25)16(2)3/h6,11,14,16,19-20,22,24H,5,7-10,12-13,15H2,1-4H3. The van der Waals surface area contributed by atoms with E-state index in [1.165, 1.54) is 0 Å². The predicted octanol–water partition coefficient (Wildman–Crippen LogP) is 3.28. The first kappa shape index (κ1) is 23.2. The first-order valence-electron chi connectivity index (χ1n) is 11.2. The van der Waals surface area contributed by atoms with Gasteiger partial charge < -0.3 is 9.64 Å². The van der Waals surface area contributed by atoms with Crippen LogP contribution in [0, 0.1) is 18.8 Å². The maximum Gasteiger partial charge on any atom is 0.240 e. The molecule has 0 bridgehead atoms. The minimum absolute atomic E-state index is 0.0174. The number of hydrogen-bond acceptors (Lipinski definition) is 4. The molecule has 7 heteroatoms. The lowest BCUT2D eigenvalue weighted by Crippen LogP contribution is -2.53. The van der Waals surface area contributed by atoms with Crippen molar-refractivity contribution < 1.29 is 17.9 Å². The van der Waals surface area contributed by atoms with Crippen LogP contribution in [-0.2, 0) is 26.0 Å². The molecule has 0 radical (unpaired) electrons. The van der Waals surface area contributed by atoms with Crippen LogP contribution in [0.1, 0.15) is 57.6 Å². The zero-order valence-electron chi connectivity index (χ0n) is 18.7. The van der Waals surface area contributed by atoms with E-state index in [0.29, 0.717) is 43.4 Å². The average Bonchev–Trinajstić information content (AvgIpc) is 2.73. The molecule has 1 saturated heterocycles. The molecule has 1 heterocycles. The third-order valence-electron chi connectivity index (χ3n) is 6.63. The molecule has 0 spiro atoms. The van der Waals surface area contributed by atoms with Crippen molar-refractivity contribution in [3.8, 4) is 0 Å². The second kappa shape index (κ2) is 9.79. The number of benzene rings is 1. The third kappa shape index (κ3) is 5.24. The molecule has 1 aromatic rings. The number of morpholine rings is 1. The summed E-state index contributed by atoms with van der Waals surface area (Å²) in [5.74, 6) is 0.556. The highest BCUT2D eigenvalue weighted by Crippen LogP contribution is 2.29. The Bertz CT molecular complexity index is 845. The molecular weight excluding hydrogens is 400 g/mol. The van der Waals surface area contributed by atoms with Crippen molar-refractivity contribution in [1.29, 1.82) is 0 Å². The van der Waals surface area contributed by atoms with E-state index in [-0.39, 0.29) is 23.9 Å². The van der Waals surface area contributed by atoms with Gasteiger partial charge in [-0.15, -0.1) is 0 Å². The van der Waals surface area contributed by atoms with Crippen LogP contribution < -0.4 is 4.72 Å². The van der Waals surface area contributed by atoms with Crippen LogP contribution in [-0.4, -0.2) is 51.1 Å². The highest BCUT2D eigenvalue weighted by molar-refractivity contribution is 7.89. The molecule has 1 N–H and O–H groups in total. The van der Waals surface area contributed by atoms with Gasteiger partial charge in [-0.3, -0.25) is 4.79 Å². The SMILES string of the molecule is CCc1cc(S(=O)(=O)NC2CCC(C(=O)N3CCOCC3C(C)C)CC2)ccc1C. The molecule has 1 atom stereocenters. The van der Waals surface area contributed by atoms with Gasteiger partial charge in [0.15, 0.2) is 0 Å². The van der Waals surface area contributed by atoms with Crippen LogP contribution in [0.15, 0.2) is 23.1 Å². The number of sulfonamides is 1. The van der Waals surface area contributed by atoms with E-state index in [1.807, 2.05) is 24.8 Å². The molecule has 1 unspecified atom stereocenters. The lowest BCUT2D eigenvalue weighted by atomic mass is 9.85. The molecule has 1 aliphatic carbocycles. The average molecular weight is 437 g/mol. The molecule has 1 aliphatic heterocycles. The molecule has 2 aliphatic rings. The highest BCUT2D eigenvalue weighted by Gasteiger charge is 2.36. The van der Waals surface area contributed by atoms with Crippen LogP contribution >= 0.6 is 0 Å². The highest BCUT2D eigenvalue weighted by atomic mass is 32.2. The van der Waals surface area contributed by atoms with E-state index in [1.54, 1.807) is 12.1 Å². The Morgan fingerprint density at radius 1 is 1.23 bits per heavy atom. The van der Waals surface area contributed by atoms with Crippen LogP contribution in [0.4, 0.5) is 0 Å². The fourth-order valence-electron chi connectivity index (χ4n) is 4.62. The predicted molar refractivity (Wildman–Crippen MR) is 118 cm³/mol. The number of ether oxygens (including phenoxy) is 1. The molecule has 1 saturated carbocycles. The summed E-state index contributed by atoms with van der Waals surface area (Å²) in [6.45, 7) is 10.1. The van der Waals surface area contributed by atoms with Crippen molar-refractivity contribution in [3.63, 3.8) is 0 Å². The number of hydrogen-bond donors (Lipinski definition) is 1. The maximum atomic E-state index is 13.1. The van der Waals surface area contributed by atoms with Crippen molar-refractivity contribution in [2.75, 3.05) is 19.8 Å². The van der Waals surface area contributed by atoms with E-state index in [0.717, 1.165) is 30.4 Å². The van der Waals surface area contributed by atoms with Gasteiger partial charge >= 0.3 is 0 Å². The number of carbonyl (C=O) groups is 1. The Hall–Kier alpha value is -1.44. The summed E-state index contributed by atoms with van der Waals surface area (Å²) in [6, 6.07) is 5.34. The van der Waals surface area contributed by atoms with Crippen molar-refractivity contribution in [3.05, 3.63) is 29.3 Å². The number of carbonyl (C=O) groups excluding carboxylic acids is 1. The molecule has 2 fully saturated rings. The van der Waals surface area contributed by atoms with E-state index in [4.69, 9.17) is 4.74 Å². The number of aryl methyl sites for hydroxylation is 2. The molecule has 6 nitrogen and oxygen atoms in total. The van der Waals surface area contributed by atoms with Gasteiger partial charge in [0.2, 0.25) is 15.9 Å². The second-order valence-corrected chi connectivity index (χ2v) is 10.7. The molecular formula is C23H36N2O4S. The Kier molecular flexibility index (Phi) is 7.58. The van der Waals surface area contributed by atoms with E-state index in [2.05, 4.69) is 18.6 Å². The van der Waals surface area contributed by atoms with Gasteiger partial charge in [0.25, 0.3) is 0 Å². The van der Waals surface area contributed by atoms with Gasteiger partial charge in [0.05, 0.1) is 24.2 Å². The van der Waals surface area contributed by atoms with Crippen LogP contribution in [0.3, 0.4) is 0 Å². The van der Waals surface area contributed by atoms with Crippen molar-refractivity contribution in [2.24, 2.45) is 11.8 Å². The summed E-state index contributed by atoms with van der Waals surface area (Å²) < 4.78 is 34.2. The zero-order valence-corrected chi connectivity index (χ0v) is 19.5. The van der Waals surface area contributed by atoms with E-state index < -0.39 is 10.0 Å². The quantitative estimate of drug-likeness (QED) is 0.743. The number of amides is 1. The van der Waals surface area contributed by atoms with Crippen molar-refractivity contribution in [2.45, 2.75) is 76.8 Å². The smallest absolute Gasteiger partial charge is 0.240 e. The van der Waals surface area contributed by atoms with Gasteiger partial charge in [-0.25, -0.2) is 13.1 Å². The van der Waals surface area contributed by atoms with Gasteiger partial charge in [-0.2, -0.15) is 0 Å². The summed E-state index contributed by atoms with van der Waals surface area (Å²) in [7, 11) is -3.55. The minimum Gasteiger partial charge on any atom is -0.377 e. The first-order valence-corrected chi connectivity index (χ1v) is 12.7. The van der Waals surface area contributed by atoms with Gasteiger partial charge in [-0.05, 0) is 68.2 Å². The third-order valence-corrected chi connectivity index (χ3v) is 8.15. The topological polar surface area (TPSA) is 75.7 Å². The van der Waals surface area contributed by atoms with Crippen LogP contribution in [0.2, 0.25) is 0 Å². The second-order valence-electron chi connectivity index (χ2n) is 9.03. The summed E-state index contributed by atoms with van der Waals surface area (Å²) in [5.41, 5.74) is 2.16. The van der Waals surface area contributed by atoms with Crippen LogP contribution in [0.25, 0.3) is 0 Å². The zero-order chi connectivity index (χ0) is 21.9. The lowest BCUT2D eigenvalue weighted by Gasteiger charge is -2.41. The molecule has 0 aromatic heterocycles. The summed E-state index contributed by atoms with van der Waals surface area (Å²) in [6.07, 6.45) is 3.64. The van der Waals surface area contributed by atoms with Crippen molar-refractivity contribution >= 4 is 15.9 Å². The Morgan fingerprint density at radius 2 is 1.93 bits per heavy atom. The number of nitrogens with one attached hydrogen (secondary N) is 1. The molecule has 1 amide bonds. The maximum absolute atomic E-state index is 13.1. The van der Waals surface area contributed by atoms with Crippen molar-refractivity contribution in [1.82, 2.24) is 9.62 Å². The monoisotopic (exact) mass is 436 g/mol. The van der Waals surface area contributed by atoms with Crippen LogP contribution in [0.5, 0.6) is 0 Å². The number of rotatable bonds is 6. The van der Waals surface area contributed by atoms with Gasteiger partial charge in [0, 0.05) is 18.5 Å². The number of nitrogens with zero attached hydrogens (tertiary/aromatic N) is 1. The Balaban J connectivity index is 1.59. The van der Waals surface area contributed by atoms with E-state index in [9.17, 15) is 13.2 Å². The van der Waals surface area contributed by atoms with Gasteiger partial charge in [0.1, 0.15) is 0 Å². The first-order chi connectivity index (χ1) is 14.2. The molecule has 30 heavy (non-hydrogen) atoms. The normalized spacial score (nSPS) is 25.5. The largest absolute Gasteiger partial charge is 0.377 e. The Morgan fingerprint density at radius 3 is 2.57 bits per heavy atom. The lowest BCUT2D eigenvalue weighted by molar-refractivity contribution is -0.147. The molecule has 1 aromatic carbocycles.